The summed E-state index contributed by atoms with van der Waals surface area (Å²) in [7, 11) is 0. The maximum absolute atomic E-state index is 5.96. The molecule has 0 bridgehead atoms. The quantitative estimate of drug-likeness (QED) is 0.820. The molecule has 19 heavy (non-hydrogen) atoms. The lowest BCUT2D eigenvalue weighted by Crippen LogP contribution is -2.41. The highest BCUT2D eigenvalue weighted by Gasteiger charge is 2.25. The van der Waals surface area contributed by atoms with Crippen LogP contribution in [0, 0.1) is 5.92 Å². The van der Waals surface area contributed by atoms with Gasteiger partial charge < -0.3 is 14.8 Å². The summed E-state index contributed by atoms with van der Waals surface area (Å²) in [5.41, 5.74) is 1.32. The first kappa shape index (κ1) is 14.4. The van der Waals surface area contributed by atoms with Gasteiger partial charge in [0, 0.05) is 18.6 Å². The Morgan fingerprint density at radius 1 is 1.42 bits per heavy atom. The van der Waals surface area contributed by atoms with Crippen LogP contribution in [0.4, 0.5) is 0 Å². The molecule has 1 aliphatic heterocycles. The topological polar surface area (TPSA) is 30.5 Å². The van der Waals surface area contributed by atoms with Crippen molar-refractivity contribution in [2.24, 2.45) is 5.92 Å². The van der Waals surface area contributed by atoms with Gasteiger partial charge in [-0.1, -0.05) is 26.0 Å². The van der Waals surface area contributed by atoms with E-state index in [0.29, 0.717) is 12.0 Å². The molecule has 3 heteroatoms. The third-order valence-corrected chi connectivity index (χ3v) is 3.74. The average molecular weight is 263 g/mol. The predicted molar refractivity (Wildman–Crippen MR) is 77.7 cm³/mol. The van der Waals surface area contributed by atoms with E-state index in [2.05, 4.69) is 37.4 Å². The standard InChI is InChI=1S/C16H25NO2/c1-3-13-6-5-7-15(10-13)19-12-16(17-4-2)14-8-9-18-11-14/h5-7,10,14,16-17H,3-4,8-9,11-12H2,1-2H3. The fourth-order valence-corrected chi connectivity index (χ4v) is 2.54. The molecular weight excluding hydrogens is 238 g/mol. The van der Waals surface area contributed by atoms with Gasteiger partial charge in [0.1, 0.15) is 12.4 Å². The maximum atomic E-state index is 5.96. The number of ether oxygens (including phenoxy) is 2. The van der Waals surface area contributed by atoms with E-state index in [1.54, 1.807) is 0 Å². The van der Waals surface area contributed by atoms with Gasteiger partial charge in [0.05, 0.1) is 6.61 Å². The van der Waals surface area contributed by atoms with E-state index in [0.717, 1.165) is 45.0 Å². The second-order valence-electron chi connectivity index (χ2n) is 5.10. The normalized spacial score (nSPS) is 20.4. The van der Waals surface area contributed by atoms with Crippen molar-refractivity contribution in [3.05, 3.63) is 29.8 Å². The second kappa shape index (κ2) is 7.51. The molecule has 0 spiro atoms. The summed E-state index contributed by atoms with van der Waals surface area (Å²) in [6.45, 7) is 7.74. The Morgan fingerprint density at radius 2 is 2.32 bits per heavy atom. The second-order valence-corrected chi connectivity index (χ2v) is 5.10. The van der Waals surface area contributed by atoms with Gasteiger partial charge in [-0.3, -0.25) is 0 Å². The Labute approximate surface area is 116 Å². The van der Waals surface area contributed by atoms with Crippen molar-refractivity contribution in [1.82, 2.24) is 5.32 Å². The van der Waals surface area contributed by atoms with Crippen LogP contribution < -0.4 is 10.1 Å². The molecule has 1 fully saturated rings. The van der Waals surface area contributed by atoms with Crippen molar-refractivity contribution in [1.29, 1.82) is 0 Å². The van der Waals surface area contributed by atoms with Crippen LogP contribution in [0.3, 0.4) is 0 Å². The van der Waals surface area contributed by atoms with Gasteiger partial charge in [-0.15, -0.1) is 0 Å². The summed E-state index contributed by atoms with van der Waals surface area (Å²) in [5.74, 6) is 1.55. The van der Waals surface area contributed by atoms with Gasteiger partial charge in [-0.25, -0.2) is 0 Å². The minimum Gasteiger partial charge on any atom is -0.492 e. The van der Waals surface area contributed by atoms with Crippen LogP contribution in [-0.2, 0) is 11.2 Å². The Kier molecular flexibility index (Phi) is 5.67. The molecule has 3 nitrogen and oxygen atoms in total. The molecule has 2 rings (SSSR count). The minimum atomic E-state index is 0.387. The van der Waals surface area contributed by atoms with Crippen LogP contribution in [-0.4, -0.2) is 32.4 Å². The van der Waals surface area contributed by atoms with Gasteiger partial charge >= 0.3 is 0 Å². The molecule has 1 saturated heterocycles. The highest BCUT2D eigenvalue weighted by atomic mass is 16.5. The first-order chi connectivity index (χ1) is 9.33. The van der Waals surface area contributed by atoms with Gasteiger partial charge in [-0.05, 0) is 37.1 Å². The fourth-order valence-electron chi connectivity index (χ4n) is 2.54. The lowest BCUT2D eigenvalue weighted by molar-refractivity contribution is 0.161. The number of rotatable bonds is 7. The number of nitrogens with one attached hydrogen (secondary N) is 1. The first-order valence-electron chi connectivity index (χ1n) is 7.36. The molecule has 1 heterocycles. The molecule has 1 aromatic rings. The van der Waals surface area contributed by atoms with E-state index >= 15 is 0 Å². The third-order valence-electron chi connectivity index (χ3n) is 3.74. The lowest BCUT2D eigenvalue weighted by atomic mass is 10.00. The summed E-state index contributed by atoms with van der Waals surface area (Å²) in [6.07, 6.45) is 2.18. The smallest absolute Gasteiger partial charge is 0.119 e. The Hall–Kier alpha value is -1.06. The number of benzene rings is 1. The first-order valence-corrected chi connectivity index (χ1v) is 7.36. The number of aryl methyl sites for hydroxylation is 1. The van der Waals surface area contributed by atoms with E-state index < -0.39 is 0 Å². The van der Waals surface area contributed by atoms with Crippen LogP contribution in [0.5, 0.6) is 5.75 Å². The number of hydrogen-bond acceptors (Lipinski definition) is 3. The zero-order valence-electron chi connectivity index (χ0n) is 12.0. The van der Waals surface area contributed by atoms with Crippen LogP contribution in [0.15, 0.2) is 24.3 Å². The summed E-state index contributed by atoms with van der Waals surface area (Å²) in [5, 5.41) is 3.52. The average Bonchev–Trinajstić information content (AvgIpc) is 2.97. The highest BCUT2D eigenvalue weighted by Crippen LogP contribution is 2.19. The van der Waals surface area contributed by atoms with Crippen molar-refractivity contribution in [2.75, 3.05) is 26.4 Å². The van der Waals surface area contributed by atoms with Crippen LogP contribution in [0.2, 0.25) is 0 Å². The molecular formula is C16H25NO2. The van der Waals surface area contributed by atoms with Gasteiger partial charge in [0.2, 0.25) is 0 Å². The van der Waals surface area contributed by atoms with Crippen molar-refractivity contribution < 1.29 is 9.47 Å². The molecule has 1 aliphatic rings. The summed E-state index contributed by atoms with van der Waals surface area (Å²) < 4.78 is 11.4. The lowest BCUT2D eigenvalue weighted by Gasteiger charge is -2.23. The van der Waals surface area contributed by atoms with Crippen LogP contribution in [0.1, 0.15) is 25.8 Å². The Bertz CT molecular complexity index is 375. The van der Waals surface area contributed by atoms with Crippen molar-refractivity contribution in [3.8, 4) is 5.75 Å². The monoisotopic (exact) mass is 263 g/mol. The molecule has 2 unspecified atom stereocenters. The van der Waals surface area contributed by atoms with Crippen LogP contribution in [0.25, 0.3) is 0 Å². The zero-order chi connectivity index (χ0) is 13.5. The maximum Gasteiger partial charge on any atom is 0.119 e. The predicted octanol–water partition coefficient (Wildman–Crippen LogP) is 2.64. The summed E-state index contributed by atoms with van der Waals surface area (Å²) in [4.78, 5) is 0. The van der Waals surface area contributed by atoms with Crippen molar-refractivity contribution in [3.63, 3.8) is 0 Å². The molecule has 0 amide bonds. The summed E-state index contributed by atoms with van der Waals surface area (Å²) >= 11 is 0. The molecule has 2 atom stereocenters. The Morgan fingerprint density at radius 3 is 3.00 bits per heavy atom. The fraction of sp³-hybridized carbons (Fsp3) is 0.625. The van der Waals surface area contributed by atoms with Gasteiger partial charge in [-0.2, -0.15) is 0 Å². The van der Waals surface area contributed by atoms with E-state index in [4.69, 9.17) is 9.47 Å². The SMILES string of the molecule is CCNC(COc1cccc(CC)c1)C1CCOC1. The molecule has 1 N–H and O–H groups in total. The summed E-state index contributed by atoms with van der Waals surface area (Å²) in [6, 6.07) is 8.76. The third kappa shape index (κ3) is 4.22. The minimum absolute atomic E-state index is 0.387. The van der Waals surface area contributed by atoms with E-state index in [-0.39, 0.29) is 0 Å². The molecule has 1 aromatic carbocycles. The zero-order valence-corrected chi connectivity index (χ0v) is 12.0. The van der Waals surface area contributed by atoms with E-state index in [9.17, 15) is 0 Å². The van der Waals surface area contributed by atoms with Gasteiger partial charge in [0.25, 0.3) is 0 Å². The van der Waals surface area contributed by atoms with E-state index in [1.807, 2.05) is 6.07 Å². The largest absolute Gasteiger partial charge is 0.492 e. The Balaban J connectivity index is 1.89. The molecule has 0 aromatic heterocycles. The number of hydrogen-bond donors (Lipinski definition) is 1. The van der Waals surface area contributed by atoms with Gasteiger partial charge in [0.15, 0.2) is 0 Å². The van der Waals surface area contributed by atoms with Crippen molar-refractivity contribution >= 4 is 0 Å². The number of likely N-dealkylation sites (N-methyl/N-ethyl adjacent to an activating group) is 1. The molecule has 0 aliphatic carbocycles. The van der Waals surface area contributed by atoms with Crippen molar-refractivity contribution in [2.45, 2.75) is 32.7 Å². The molecule has 106 valence electrons. The van der Waals surface area contributed by atoms with E-state index in [1.165, 1.54) is 5.56 Å². The van der Waals surface area contributed by atoms with Crippen LogP contribution >= 0.6 is 0 Å². The highest BCUT2D eigenvalue weighted by molar-refractivity contribution is 5.28. The molecule has 0 radical (unpaired) electrons. The molecule has 0 saturated carbocycles.